The molecule has 0 spiro atoms. The second-order valence-electron chi connectivity index (χ2n) is 3.76. The zero-order chi connectivity index (χ0) is 10.3. The lowest BCUT2D eigenvalue weighted by Crippen LogP contribution is -2.50. The molecule has 0 saturated carbocycles. The van der Waals surface area contributed by atoms with Crippen molar-refractivity contribution in [3.8, 4) is 5.75 Å². The van der Waals surface area contributed by atoms with E-state index in [-0.39, 0.29) is 0 Å². The molecule has 5 heteroatoms. The maximum absolute atomic E-state index is 5.75. The number of aryl methyl sites for hydroxylation is 1. The highest BCUT2D eigenvalue weighted by atomic mass is 16.5. The van der Waals surface area contributed by atoms with Crippen LogP contribution in [0.5, 0.6) is 5.75 Å². The summed E-state index contributed by atoms with van der Waals surface area (Å²) >= 11 is 0. The van der Waals surface area contributed by atoms with Crippen LogP contribution in [0.2, 0.25) is 0 Å². The van der Waals surface area contributed by atoms with Crippen molar-refractivity contribution in [2.75, 3.05) is 13.1 Å². The molecular weight excluding hydrogens is 192 g/mol. The van der Waals surface area contributed by atoms with Crippen LogP contribution >= 0.6 is 0 Å². The highest BCUT2D eigenvalue weighted by Crippen LogP contribution is 2.20. The van der Waals surface area contributed by atoms with Gasteiger partial charge >= 0.3 is 0 Å². The lowest BCUT2D eigenvalue weighted by Gasteiger charge is -2.27. The average Bonchev–Trinajstić information content (AvgIpc) is 2.55. The van der Waals surface area contributed by atoms with Gasteiger partial charge in [-0.2, -0.15) is 0 Å². The van der Waals surface area contributed by atoms with E-state index in [0.29, 0.717) is 6.10 Å². The minimum atomic E-state index is 0.309. The van der Waals surface area contributed by atoms with E-state index >= 15 is 0 Å². The molecule has 1 saturated heterocycles. The molecule has 1 aliphatic rings. The van der Waals surface area contributed by atoms with Gasteiger partial charge in [-0.15, -0.1) is 5.10 Å². The zero-order valence-corrected chi connectivity index (χ0v) is 8.47. The molecule has 1 N–H and O–H groups in total. The van der Waals surface area contributed by atoms with Gasteiger partial charge in [-0.1, -0.05) is 5.21 Å². The predicted octanol–water partition coefficient (Wildman–Crippen LogP) is 0.319. The Morgan fingerprint density at radius 2 is 2.33 bits per heavy atom. The molecule has 1 aromatic carbocycles. The monoisotopic (exact) mass is 204 g/mol. The van der Waals surface area contributed by atoms with Crippen molar-refractivity contribution in [1.29, 1.82) is 0 Å². The summed E-state index contributed by atoms with van der Waals surface area (Å²) in [7, 11) is 1.88. The van der Waals surface area contributed by atoms with Crippen LogP contribution in [-0.2, 0) is 7.05 Å². The van der Waals surface area contributed by atoms with Crippen LogP contribution in [0.1, 0.15) is 0 Å². The quantitative estimate of drug-likeness (QED) is 0.765. The Hall–Kier alpha value is -1.62. The van der Waals surface area contributed by atoms with Gasteiger partial charge in [0.05, 0.1) is 5.52 Å². The normalized spacial score (nSPS) is 16.6. The van der Waals surface area contributed by atoms with Gasteiger partial charge in [-0.25, -0.2) is 4.68 Å². The van der Waals surface area contributed by atoms with Crippen molar-refractivity contribution < 1.29 is 4.74 Å². The van der Waals surface area contributed by atoms with E-state index in [4.69, 9.17) is 4.74 Å². The molecule has 15 heavy (non-hydrogen) atoms. The molecule has 2 heterocycles. The Kier molecular flexibility index (Phi) is 1.85. The van der Waals surface area contributed by atoms with E-state index in [1.54, 1.807) is 4.68 Å². The van der Waals surface area contributed by atoms with Crippen molar-refractivity contribution in [3.05, 3.63) is 18.2 Å². The summed E-state index contributed by atoms with van der Waals surface area (Å²) in [6, 6.07) is 5.85. The number of hydrogen-bond donors (Lipinski definition) is 1. The molecule has 1 aromatic heterocycles. The first-order valence-electron chi connectivity index (χ1n) is 5.00. The van der Waals surface area contributed by atoms with E-state index in [1.165, 1.54) is 0 Å². The number of benzene rings is 1. The number of ether oxygens (including phenoxy) is 1. The van der Waals surface area contributed by atoms with Crippen molar-refractivity contribution in [2.45, 2.75) is 6.10 Å². The molecule has 3 rings (SSSR count). The van der Waals surface area contributed by atoms with Gasteiger partial charge in [0.25, 0.3) is 0 Å². The van der Waals surface area contributed by atoms with Crippen LogP contribution in [0, 0.1) is 0 Å². The largest absolute Gasteiger partial charge is 0.488 e. The highest BCUT2D eigenvalue weighted by molar-refractivity contribution is 5.75. The predicted molar refractivity (Wildman–Crippen MR) is 55.8 cm³/mol. The molecule has 78 valence electrons. The maximum Gasteiger partial charge on any atom is 0.123 e. The van der Waals surface area contributed by atoms with Crippen LogP contribution < -0.4 is 10.1 Å². The SMILES string of the molecule is Cn1nnc2ccc(OC3CNC3)cc21. The van der Waals surface area contributed by atoms with Gasteiger partial charge in [-0.05, 0) is 12.1 Å². The van der Waals surface area contributed by atoms with Gasteiger partial charge in [0.15, 0.2) is 0 Å². The van der Waals surface area contributed by atoms with Crippen LogP contribution in [0.3, 0.4) is 0 Å². The van der Waals surface area contributed by atoms with Crippen LogP contribution in [-0.4, -0.2) is 34.2 Å². The third-order valence-electron chi connectivity index (χ3n) is 2.63. The Labute approximate surface area is 87.0 Å². The van der Waals surface area contributed by atoms with Gasteiger partial charge in [0, 0.05) is 26.2 Å². The van der Waals surface area contributed by atoms with E-state index in [0.717, 1.165) is 29.9 Å². The van der Waals surface area contributed by atoms with E-state index in [2.05, 4.69) is 15.6 Å². The first-order valence-corrected chi connectivity index (χ1v) is 5.00. The fraction of sp³-hybridized carbons (Fsp3) is 0.400. The summed E-state index contributed by atoms with van der Waals surface area (Å²) in [5, 5.41) is 11.1. The molecule has 0 amide bonds. The minimum Gasteiger partial charge on any atom is -0.488 e. The van der Waals surface area contributed by atoms with Gasteiger partial charge < -0.3 is 10.1 Å². The zero-order valence-electron chi connectivity index (χ0n) is 8.47. The molecule has 0 radical (unpaired) electrons. The van der Waals surface area contributed by atoms with Crippen LogP contribution in [0.25, 0.3) is 11.0 Å². The topological polar surface area (TPSA) is 52.0 Å². The van der Waals surface area contributed by atoms with Crippen molar-refractivity contribution in [2.24, 2.45) is 7.05 Å². The first-order chi connectivity index (χ1) is 7.33. The number of rotatable bonds is 2. The molecule has 1 aliphatic heterocycles. The lowest BCUT2D eigenvalue weighted by molar-refractivity contribution is 0.142. The fourth-order valence-electron chi connectivity index (χ4n) is 1.62. The molecule has 1 fully saturated rings. The third-order valence-corrected chi connectivity index (χ3v) is 2.63. The smallest absolute Gasteiger partial charge is 0.123 e. The lowest BCUT2D eigenvalue weighted by atomic mass is 10.2. The number of hydrogen-bond acceptors (Lipinski definition) is 4. The van der Waals surface area contributed by atoms with Crippen molar-refractivity contribution in [1.82, 2.24) is 20.3 Å². The Balaban J connectivity index is 1.93. The molecule has 0 aliphatic carbocycles. The van der Waals surface area contributed by atoms with E-state index in [9.17, 15) is 0 Å². The van der Waals surface area contributed by atoms with Crippen molar-refractivity contribution in [3.63, 3.8) is 0 Å². The Morgan fingerprint density at radius 3 is 3.07 bits per heavy atom. The van der Waals surface area contributed by atoms with Gasteiger partial charge in [0.1, 0.15) is 17.4 Å². The molecule has 5 nitrogen and oxygen atoms in total. The molecule has 0 unspecified atom stereocenters. The number of nitrogens with one attached hydrogen (secondary N) is 1. The summed E-state index contributed by atoms with van der Waals surface area (Å²) in [6.07, 6.45) is 0.309. The number of fused-ring (bicyclic) bond motifs is 1. The summed E-state index contributed by atoms with van der Waals surface area (Å²) in [5.41, 5.74) is 1.90. The summed E-state index contributed by atoms with van der Waals surface area (Å²) in [5.74, 6) is 0.888. The number of aromatic nitrogens is 3. The van der Waals surface area contributed by atoms with E-state index in [1.807, 2.05) is 25.2 Å². The molecular formula is C10H12N4O. The Morgan fingerprint density at radius 1 is 1.47 bits per heavy atom. The van der Waals surface area contributed by atoms with Gasteiger partial charge in [0.2, 0.25) is 0 Å². The highest BCUT2D eigenvalue weighted by Gasteiger charge is 2.18. The standard InChI is InChI=1S/C10H12N4O/c1-14-10-4-7(15-8-5-11-6-8)2-3-9(10)12-13-14/h2-4,8,11H,5-6H2,1H3. The van der Waals surface area contributed by atoms with Crippen LogP contribution in [0.4, 0.5) is 0 Å². The number of nitrogens with zero attached hydrogens (tertiary/aromatic N) is 3. The fourth-order valence-corrected chi connectivity index (χ4v) is 1.62. The Bertz CT molecular complexity index is 489. The van der Waals surface area contributed by atoms with Gasteiger partial charge in [-0.3, -0.25) is 0 Å². The summed E-state index contributed by atoms with van der Waals surface area (Å²) < 4.78 is 7.50. The molecule has 2 aromatic rings. The second kappa shape index (κ2) is 3.20. The van der Waals surface area contributed by atoms with Crippen molar-refractivity contribution >= 4 is 11.0 Å². The summed E-state index contributed by atoms with van der Waals surface area (Å²) in [6.45, 7) is 1.86. The average molecular weight is 204 g/mol. The molecule has 0 bridgehead atoms. The third kappa shape index (κ3) is 1.45. The second-order valence-corrected chi connectivity index (χ2v) is 3.76. The minimum absolute atomic E-state index is 0.309. The van der Waals surface area contributed by atoms with Crippen LogP contribution in [0.15, 0.2) is 18.2 Å². The van der Waals surface area contributed by atoms with E-state index < -0.39 is 0 Å². The molecule has 0 atom stereocenters. The first kappa shape index (κ1) is 8.67. The maximum atomic E-state index is 5.75. The summed E-state index contributed by atoms with van der Waals surface area (Å²) in [4.78, 5) is 0.